The second-order valence-corrected chi connectivity index (χ2v) is 6.37. The standard InChI is InChI=1S/C13H18BrN3O/c1-13(2,15)8-17-11-6-9(14)4-5-10(11)16(3)7-12(17)18/h4-6H,7-8,15H2,1-3H3. The van der Waals surface area contributed by atoms with E-state index in [1.165, 1.54) is 0 Å². The summed E-state index contributed by atoms with van der Waals surface area (Å²) in [5.74, 6) is 0.0848. The van der Waals surface area contributed by atoms with Crippen LogP contribution in [-0.2, 0) is 4.79 Å². The summed E-state index contributed by atoms with van der Waals surface area (Å²) >= 11 is 3.45. The summed E-state index contributed by atoms with van der Waals surface area (Å²) in [5, 5.41) is 0. The molecule has 1 heterocycles. The molecule has 18 heavy (non-hydrogen) atoms. The van der Waals surface area contributed by atoms with Gasteiger partial charge in [-0.2, -0.15) is 0 Å². The Morgan fingerprint density at radius 2 is 2.06 bits per heavy atom. The van der Waals surface area contributed by atoms with Gasteiger partial charge in [-0.1, -0.05) is 15.9 Å². The molecule has 0 bridgehead atoms. The van der Waals surface area contributed by atoms with Gasteiger partial charge in [-0.3, -0.25) is 4.79 Å². The molecule has 1 aromatic rings. The van der Waals surface area contributed by atoms with Gasteiger partial charge in [-0.05, 0) is 32.0 Å². The molecular weight excluding hydrogens is 294 g/mol. The third-order valence-electron chi connectivity index (χ3n) is 2.88. The highest BCUT2D eigenvalue weighted by Crippen LogP contribution is 2.35. The molecule has 2 N–H and O–H groups in total. The number of anilines is 2. The highest BCUT2D eigenvalue weighted by atomic mass is 79.9. The Morgan fingerprint density at radius 1 is 1.39 bits per heavy atom. The van der Waals surface area contributed by atoms with Gasteiger partial charge < -0.3 is 15.5 Å². The summed E-state index contributed by atoms with van der Waals surface area (Å²) in [6.45, 7) is 4.76. The zero-order valence-electron chi connectivity index (χ0n) is 10.9. The van der Waals surface area contributed by atoms with Gasteiger partial charge in [0.1, 0.15) is 0 Å². The Bertz CT molecular complexity index is 482. The van der Waals surface area contributed by atoms with Crippen LogP contribution in [0.15, 0.2) is 22.7 Å². The smallest absolute Gasteiger partial charge is 0.246 e. The van der Waals surface area contributed by atoms with Gasteiger partial charge in [-0.25, -0.2) is 0 Å². The maximum absolute atomic E-state index is 12.2. The number of halogens is 1. The number of carbonyl (C=O) groups is 1. The normalized spacial score (nSPS) is 15.9. The van der Waals surface area contributed by atoms with E-state index in [9.17, 15) is 4.79 Å². The molecule has 0 radical (unpaired) electrons. The zero-order chi connectivity index (χ0) is 13.5. The van der Waals surface area contributed by atoms with E-state index in [0.717, 1.165) is 15.8 Å². The van der Waals surface area contributed by atoms with Gasteiger partial charge in [0.2, 0.25) is 5.91 Å². The minimum absolute atomic E-state index is 0.0848. The monoisotopic (exact) mass is 311 g/mol. The lowest BCUT2D eigenvalue weighted by Gasteiger charge is -2.38. The molecule has 1 aliphatic rings. The van der Waals surface area contributed by atoms with Crippen molar-refractivity contribution >= 4 is 33.2 Å². The minimum Gasteiger partial charge on any atom is -0.364 e. The number of amides is 1. The Morgan fingerprint density at radius 3 is 2.67 bits per heavy atom. The second kappa shape index (κ2) is 4.55. The fourth-order valence-corrected chi connectivity index (χ4v) is 2.47. The van der Waals surface area contributed by atoms with Gasteiger partial charge in [0.05, 0.1) is 17.9 Å². The highest BCUT2D eigenvalue weighted by molar-refractivity contribution is 9.10. The van der Waals surface area contributed by atoms with Crippen molar-refractivity contribution in [2.24, 2.45) is 5.73 Å². The van der Waals surface area contributed by atoms with E-state index >= 15 is 0 Å². The molecule has 98 valence electrons. The first-order chi connectivity index (χ1) is 8.28. The van der Waals surface area contributed by atoms with Crippen molar-refractivity contribution in [3.8, 4) is 0 Å². The number of benzene rings is 1. The Kier molecular flexibility index (Phi) is 3.38. The number of fused-ring (bicyclic) bond motifs is 1. The van der Waals surface area contributed by atoms with E-state index in [1.54, 1.807) is 4.90 Å². The predicted octanol–water partition coefficient (Wildman–Crippen LogP) is 1.97. The van der Waals surface area contributed by atoms with Crippen LogP contribution in [0.4, 0.5) is 11.4 Å². The Hall–Kier alpha value is -1.07. The van der Waals surface area contributed by atoms with Crippen LogP contribution < -0.4 is 15.5 Å². The molecule has 0 aromatic heterocycles. The van der Waals surface area contributed by atoms with Crippen LogP contribution in [0.1, 0.15) is 13.8 Å². The number of likely N-dealkylation sites (N-methyl/N-ethyl adjacent to an activating group) is 1. The average Bonchev–Trinajstić information content (AvgIpc) is 2.22. The number of nitrogens with two attached hydrogens (primary N) is 1. The summed E-state index contributed by atoms with van der Waals surface area (Å²) in [4.78, 5) is 15.9. The lowest BCUT2D eigenvalue weighted by Crippen LogP contribution is -2.52. The first-order valence-electron chi connectivity index (χ1n) is 5.88. The first-order valence-corrected chi connectivity index (χ1v) is 6.67. The molecule has 0 unspecified atom stereocenters. The Balaban J connectivity index is 2.45. The fourth-order valence-electron chi connectivity index (χ4n) is 2.12. The summed E-state index contributed by atoms with van der Waals surface area (Å²) < 4.78 is 0.962. The molecule has 0 aliphatic carbocycles. The molecule has 1 amide bonds. The van der Waals surface area contributed by atoms with Crippen LogP contribution in [0.3, 0.4) is 0 Å². The molecule has 0 saturated heterocycles. The summed E-state index contributed by atoms with van der Waals surface area (Å²) in [6.07, 6.45) is 0. The van der Waals surface area contributed by atoms with Crippen molar-refractivity contribution < 1.29 is 4.79 Å². The SMILES string of the molecule is CN1CC(=O)N(CC(C)(C)N)c2cc(Br)ccc21. The molecule has 5 heteroatoms. The van der Waals surface area contributed by atoms with E-state index in [4.69, 9.17) is 5.73 Å². The van der Waals surface area contributed by atoms with Gasteiger partial charge in [0.15, 0.2) is 0 Å². The third kappa shape index (κ3) is 2.67. The van der Waals surface area contributed by atoms with Gasteiger partial charge in [0, 0.05) is 23.6 Å². The molecular formula is C13H18BrN3O. The number of hydrogen-bond acceptors (Lipinski definition) is 3. The largest absolute Gasteiger partial charge is 0.364 e. The fraction of sp³-hybridized carbons (Fsp3) is 0.462. The average molecular weight is 312 g/mol. The van der Waals surface area contributed by atoms with E-state index < -0.39 is 5.54 Å². The second-order valence-electron chi connectivity index (χ2n) is 5.46. The van der Waals surface area contributed by atoms with Gasteiger partial charge >= 0.3 is 0 Å². The maximum Gasteiger partial charge on any atom is 0.246 e. The van der Waals surface area contributed by atoms with Crippen molar-refractivity contribution in [1.29, 1.82) is 0 Å². The summed E-state index contributed by atoms with van der Waals surface area (Å²) in [7, 11) is 1.93. The van der Waals surface area contributed by atoms with Crippen molar-refractivity contribution in [3.63, 3.8) is 0 Å². The van der Waals surface area contributed by atoms with Gasteiger partial charge in [-0.15, -0.1) is 0 Å². The number of carbonyl (C=O) groups excluding carboxylic acids is 1. The van der Waals surface area contributed by atoms with Crippen molar-refractivity contribution in [2.75, 3.05) is 29.9 Å². The topological polar surface area (TPSA) is 49.6 Å². The van der Waals surface area contributed by atoms with E-state index in [1.807, 2.05) is 44.0 Å². The van der Waals surface area contributed by atoms with Crippen molar-refractivity contribution in [2.45, 2.75) is 19.4 Å². The third-order valence-corrected chi connectivity index (χ3v) is 3.37. The summed E-state index contributed by atoms with van der Waals surface area (Å²) in [5.41, 5.74) is 7.60. The molecule has 1 aliphatic heterocycles. The van der Waals surface area contributed by atoms with E-state index in [0.29, 0.717) is 13.1 Å². The molecule has 1 aromatic carbocycles. The number of hydrogen-bond donors (Lipinski definition) is 1. The van der Waals surface area contributed by atoms with Crippen molar-refractivity contribution in [1.82, 2.24) is 0 Å². The predicted molar refractivity (Wildman–Crippen MR) is 78.0 cm³/mol. The molecule has 0 saturated carbocycles. The molecule has 0 fully saturated rings. The first kappa shape index (κ1) is 13.4. The summed E-state index contributed by atoms with van der Waals surface area (Å²) in [6, 6.07) is 5.97. The van der Waals surface area contributed by atoms with E-state index in [2.05, 4.69) is 15.9 Å². The van der Waals surface area contributed by atoms with Crippen LogP contribution in [0, 0.1) is 0 Å². The van der Waals surface area contributed by atoms with Crippen LogP contribution in [0.2, 0.25) is 0 Å². The molecule has 0 atom stereocenters. The number of rotatable bonds is 2. The van der Waals surface area contributed by atoms with Crippen LogP contribution in [-0.4, -0.2) is 31.6 Å². The molecule has 0 spiro atoms. The van der Waals surface area contributed by atoms with Crippen molar-refractivity contribution in [3.05, 3.63) is 22.7 Å². The van der Waals surface area contributed by atoms with Gasteiger partial charge in [0.25, 0.3) is 0 Å². The molecule has 2 rings (SSSR count). The lowest BCUT2D eigenvalue weighted by molar-refractivity contribution is -0.117. The quantitative estimate of drug-likeness (QED) is 0.908. The van der Waals surface area contributed by atoms with Crippen LogP contribution >= 0.6 is 15.9 Å². The van der Waals surface area contributed by atoms with Crippen LogP contribution in [0.25, 0.3) is 0 Å². The molecule has 4 nitrogen and oxygen atoms in total. The highest BCUT2D eigenvalue weighted by Gasteiger charge is 2.30. The lowest BCUT2D eigenvalue weighted by atomic mass is 10.0. The zero-order valence-corrected chi connectivity index (χ0v) is 12.5. The Labute approximate surface area is 116 Å². The van der Waals surface area contributed by atoms with Crippen LogP contribution in [0.5, 0.6) is 0 Å². The maximum atomic E-state index is 12.2. The minimum atomic E-state index is -0.412. The number of nitrogens with zero attached hydrogens (tertiary/aromatic N) is 2. The van der Waals surface area contributed by atoms with E-state index in [-0.39, 0.29) is 5.91 Å².